The molecule has 2 nitrogen and oxygen atoms in total. The van der Waals surface area contributed by atoms with Crippen LogP contribution in [0.5, 0.6) is 0 Å². The molecule has 0 fully saturated rings. The van der Waals surface area contributed by atoms with Crippen LogP contribution in [-0.4, -0.2) is 4.98 Å². The van der Waals surface area contributed by atoms with Crippen LogP contribution in [0.1, 0.15) is 49.9 Å². The van der Waals surface area contributed by atoms with E-state index >= 15 is 0 Å². The molecular weight excluding hydrogens is 186 g/mol. The summed E-state index contributed by atoms with van der Waals surface area (Å²) in [5, 5.41) is 0. The van der Waals surface area contributed by atoms with Crippen molar-refractivity contribution in [3.05, 3.63) is 33.7 Å². The highest BCUT2D eigenvalue weighted by molar-refractivity contribution is 5.12. The van der Waals surface area contributed by atoms with E-state index in [1.807, 2.05) is 0 Å². The Morgan fingerprint density at radius 2 is 1.27 bits per heavy atom. The maximum absolute atomic E-state index is 11.4. The smallest absolute Gasteiger partial charge is 0.182 e. The van der Waals surface area contributed by atoms with E-state index < -0.39 is 0 Å². The number of aryl methyl sites for hydroxylation is 2. The lowest BCUT2D eigenvalue weighted by atomic mass is 10.1. The van der Waals surface area contributed by atoms with E-state index in [0.29, 0.717) is 0 Å². The number of hydrogen-bond donors (Lipinski definition) is 1. The molecule has 2 bridgehead atoms. The Bertz CT molecular complexity index is 336. The van der Waals surface area contributed by atoms with Gasteiger partial charge in [0.15, 0.2) is 5.43 Å². The average molecular weight is 205 g/mol. The van der Waals surface area contributed by atoms with Crippen LogP contribution >= 0.6 is 0 Å². The van der Waals surface area contributed by atoms with E-state index in [2.05, 4.69) is 4.98 Å². The summed E-state index contributed by atoms with van der Waals surface area (Å²) in [6, 6.07) is 3.50. The summed E-state index contributed by atoms with van der Waals surface area (Å²) >= 11 is 0. The van der Waals surface area contributed by atoms with E-state index in [0.717, 1.165) is 24.2 Å². The second-order valence-corrected chi connectivity index (χ2v) is 4.49. The number of H-pyrrole nitrogens is 1. The highest BCUT2D eigenvalue weighted by atomic mass is 16.1. The number of aromatic amines is 1. The number of aromatic nitrogens is 1. The summed E-state index contributed by atoms with van der Waals surface area (Å²) in [4.78, 5) is 14.8. The highest BCUT2D eigenvalue weighted by Gasteiger charge is 2.02. The van der Waals surface area contributed by atoms with E-state index in [1.54, 1.807) is 12.1 Å². The molecule has 0 amide bonds. The molecule has 0 spiro atoms. The van der Waals surface area contributed by atoms with Gasteiger partial charge in [-0.1, -0.05) is 25.7 Å². The topological polar surface area (TPSA) is 32.9 Å². The van der Waals surface area contributed by atoms with Crippen LogP contribution in [0.15, 0.2) is 16.9 Å². The predicted molar refractivity (Wildman–Crippen MR) is 62.2 cm³/mol. The standard InChI is InChI=1S/C13H19NO/c15-13-9-11-7-5-3-1-2-4-6-8-12(10-13)14-11/h9-10H,1-8H2,(H,14,15). The largest absolute Gasteiger partial charge is 0.362 e. The van der Waals surface area contributed by atoms with Crippen LogP contribution < -0.4 is 5.43 Å². The fourth-order valence-electron chi connectivity index (χ4n) is 2.27. The number of rotatable bonds is 0. The van der Waals surface area contributed by atoms with Gasteiger partial charge in [0.2, 0.25) is 0 Å². The SMILES string of the molecule is O=c1cc2[nH]c(c1)CCCCCCCC2. The zero-order valence-electron chi connectivity index (χ0n) is 9.22. The summed E-state index contributed by atoms with van der Waals surface area (Å²) in [5.74, 6) is 0. The van der Waals surface area contributed by atoms with Crippen molar-refractivity contribution in [2.75, 3.05) is 0 Å². The Morgan fingerprint density at radius 1 is 0.800 bits per heavy atom. The van der Waals surface area contributed by atoms with Gasteiger partial charge in [-0.05, 0) is 25.7 Å². The van der Waals surface area contributed by atoms with Gasteiger partial charge in [-0.3, -0.25) is 4.79 Å². The predicted octanol–water partition coefficient (Wildman–Crippen LogP) is 2.81. The summed E-state index contributed by atoms with van der Waals surface area (Å²) in [5.41, 5.74) is 2.41. The van der Waals surface area contributed by atoms with E-state index in [1.165, 1.54) is 38.5 Å². The first-order valence-electron chi connectivity index (χ1n) is 6.07. The van der Waals surface area contributed by atoms with Gasteiger partial charge in [-0.15, -0.1) is 0 Å². The molecule has 1 aliphatic heterocycles. The molecule has 0 atom stereocenters. The first-order chi connectivity index (χ1) is 7.34. The fourth-order valence-corrected chi connectivity index (χ4v) is 2.27. The van der Waals surface area contributed by atoms with Crippen LogP contribution in [0, 0.1) is 0 Å². The Balaban J connectivity index is 2.18. The third kappa shape index (κ3) is 3.22. The van der Waals surface area contributed by atoms with Gasteiger partial charge in [0, 0.05) is 23.5 Å². The zero-order valence-corrected chi connectivity index (χ0v) is 9.22. The number of nitrogens with one attached hydrogen (secondary N) is 1. The zero-order chi connectivity index (χ0) is 10.5. The van der Waals surface area contributed by atoms with Crippen LogP contribution in [-0.2, 0) is 12.8 Å². The molecule has 0 saturated carbocycles. The minimum Gasteiger partial charge on any atom is -0.362 e. The van der Waals surface area contributed by atoms with E-state index in [4.69, 9.17) is 0 Å². The third-order valence-corrected chi connectivity index (χ3v) is 3.10. The molecule has 1 aromatic heterocycles. The third-order valence-electron chi connectivity index (χ3n) is 3.10. The van der Waals surface area contributed by atoms with Gasteiger partial charge in [0.1, 0.15) is 0 Å². The highest BCUT2D eigenvalue weighted by Crippen LogP contribution is 2.12. The molecule has 2 rings (SSSR count). The van der Waals surface area contributed by atoms with E-state index in [-0.39, 0.29) is 5.43 Å². The molecule has 1 N–H and O–H groups in total. The van der Waals surface area contributed by atoms with Gasteiger partial charge in [-0.25, -0.2) is 0 Å². The molecule has 82 valence electrons. The van der Waals surface area contributed by atoms with Crippen molar-refractivity contribution < 1.29 is 0 Å². The van der Waals surface area contributed by atoms with Gasteiger partial charge < -0.3 is 4.98 Å². The monoisotopic (exact) mass is 205 g/mol. The Kier molecular flexibility index (Phi) is 3.59. The normalized spacial score (nSPS) is 18.1. The van der Waals surface area contributed by atoms with E-state index in [9.17, 15) is 4.79 Å². The number of pyridine rings is 1. The van der Waals surface area contributed by atoms with Crippen molar-refractivity contribution in [2.45, 2.75) is 51.4 Å². The number of hydrogen-bond acceptors (Lipinski definition) is 1. The molecule has 2 heterocycles. The quantitative estimate of drug-likeness (QED) is 0.694. The summed E-state index contributed by atoms with van der Waals surface area (Å²) < 4.78 is 0. The second-order valence-electron chi connectivity index (χ2n) is 4.49. The summed E-state index contributed by atoms with van der Waals surface area (Å²) in [6.07, 6.45) is 9.77. The van der Waals surface area contributed by atoms with Crippen molar-refractivity contribution in [3.8, 4) is 0 Å². The van der Waals surface area contributed by atoms with Crippen molar-refractivity contribution in [3.63, 3.8) is 0 Å². The molecule has 1 aliphatic rings. The number of fused-ring (bicyclic) bond motifs is 2. The van der Waals surface area contributed by atoms with Gasteiger partial charge in [-0.2, -0.15) is 0 Å². The first kappa shape index (κ1) is 10.5. The molecule has 0 radical (unpaired) electrons. The van der Waals surface area contributed by atoms with Crippen LogP contribution in [0.25, 0.3) is 0 Å². The second kappa shape index (κ2) is 5.15. The lowest BCUT2D eigenvalue weighted by Gasteiger charge is -2.04. The molecular formula is C13H19NO. The van der Waals surface area contributed by atoms with Crippen molar-refractivity contribution in [2.24, 2.45) is 0 Å². The molecule has 15 heavy (non-hydrogen) atoms. The Morgan fingerprint density at radius 3 is 1.80 bits per heavy atom. The Labute approximate surface area is 90.7 Å². The molecule has 2 heteroatoms. The van der Waals surface area contributed by atoms with Crippen molar-refractivity contribution in [1.29, 1.82) is 0 Å². The molecule has 0 aliphatic carbocycles. The van der Waals surface area contributed by atoms with Gasteiger partial charge in [0.25, 0.3) is 0 Å². The molecule has 1 aromatic rings. The van der Waals surface area contributed by atoms with Crippen molar-refractivity contribution in [1.82, 2.24) is 4.98 Å². The lowest BCUT2D eigenvalue weighted by molar-refractivity contribution is 0.598. The minimum atomic E-state index is 0.165. The maximum atomic E-state index is 11.4. The average Bonchev–Trinajstić information content (AvgIpc) is 2.23. The first-order valence-corrected chi connectivity index (χ1v) is 6.07. The van der Waals surface area contributed by atoms with Crippen LogP contribution in [0.2, 0.25) is 0 Å². The molecule has 0 unspecified atom stereocenters. The fraction of sp³-hybridized carbons (Fsp3) is 0.615. The minimum absolute atomic E-state index is 0.165. The van der Waals surface area contributed by atoms with Crippen LogP contribution in [0.3, 0.4) is 0 Å². The summed E-state index contributed by atoms with van der Waals surface area (Å²) in [6.45, 7) is 0. The van der Waals surface area contributed by atoms with Crippen molar-refractivity contribution >= 4 is 0 Å². The van der Waals surface area contributed by atoms with Crippen LogP contribution in [0.4, 0.5) is 0 Å². The lowest BCUT2D eigenvalue weighted by Crippen LogP contribution is -2.06. The molecule has 0 aromatic carbocycles. The molecule has 0 saturated heterocycles. The van der Waals surface area contributed by atoms with Gasteiger partial charge >= 0.3 is 0 Å². The Hall–Kier alpha value is -1.05. The summed E-state index contributed by atoms with van der Waals surface area (Å²) in [7, 11) is 0. The maximum Gasteiger partial charge on any atom is 0.182 e. The van der Waals surface area contributed by atoms with Gasteiger partial charge in [0.05, 0.1) is 0 Å².